The molecule has 0 spiro atoms. The van der Waals surface area contributed by atoms with Crippen LogP contribution in [0, 0.1) is 17.8 Å². The lowest BCUT2D eigenvalue weighted by Crippen LogP contribution is -2.47. The van der Waals surface area contributed by atoms with Crippen LogP contribution in [0.1, 0.15) is 40.0 Å². The predicted molar refractivity (Wildman–Crippen MR) is 78.6 cm³/mol. The maximum atomic E-state index is 12.1. The topological polar surface area (TPSA) is 86.7 Å². The van der Waals surface area contributed by atoms with Gasteiger partial charge in [0.2, 0.25) is 11.8 Å². The first-order chi connectivity index (χ1) is 9.86. The van der Waals surface area contributed by atoms with E-state index in [9.17, 15) is 14.4 Å². The zero-order chi connectivity index (χ0) is 16.0. The van der Waals surface area contributed by atoms with Gasteiger partial charge < -0.3 is 15.3 Å². The van der Waals surface area contributed by atoms with E-state index in [-0.39, 0.29) is 30.2 Å². The molecular weight excluding hydrogens is 272 g/mol. The van der Waals surface area contributed by atoms with Crippen molar-refractivity contribution in [3.8, 4) is 0 Å². The standard InChI is InChI=1S/C15H26N2O4/c1-4-11(15(20)21)8-16-13(18)12-6-5-7-17(9-12)14(19)10(2)3/h10-12H,4-9H2,1-3H3,(H,16,18)(H,20,21). The van der Waals surface area contributed by atoms with Crippen molar-refractivity contribution in [2.75, 3.05) is 19.6 Å². The summed E-state index contributed by atoms with van der Waals surface area (Å²) in [6.45, 7) is 6.78. The van der Waals surface area contributed by atoms with Gasteiger partial charge in [-0.25, -0.2) is 0 Å². The van der Waals surface area contributed by atoms with E-state index in [0.29, 0.717) is 19.5 Å². The Bertz CT molecular complexity index is 395. The first-order valence-electron chi connectivity index (χ1n) is 7.66. The number of carbonyl (C=O) groups excluding carboxylic acids is 2. The summed E-state index contributed by atoms with van der Waals surface area (Å²) < 4.78 is 0. The molecule has 2 amide bonds. The van der Waals surface area contributed by atoms with Gasteiger partial charge in [-0.2, -0.15) is 0 Å². The fourth-order valence-electron chi connectivity index (χ4n) is 2.53. The van der Waals surface area contributed by atoms with Gasteiger partial charge >= 0.3 is 5.97 Å². The normalized spacial score (nSPS) is 20.2. The highest BCUT2D eigenvalue weighted by molar-refractivity contribution is 5.82. The third-order valence-electron chi connectivity index (χ3n) is 3.96. The van der Waals surface area contributed by atoms with Crippen molar-refractivity contribution in [1.29, 1.82) is 0 Å². The van der Waals surface area contributed by atoms with Gasteiger partial charge in [0.15, 0.2) is 0 Å². The van der Waals surface area contributed by atoms with Crippen molar-refractivity contribution in [1.82, 2.24) is 10.2 Å². The van der Waals surface area contributed by atoms with Crippen molar-refractivity contribution in [3.05, 3.63) is 0 Å². The van der Waals surface area contributed by atoms with E-state index in [4.69, 9.17) is 5.11 Å². The minimum absolute atomic E-state index is 0.0664. The summed E-state index contributed by atoms with van der Waals surface area (Å²) in [5, 5.41) is 11.7. The molecule has 6 nitrogen and oxygen atoms in total. The van der Waals surface area contributed by atoms with E-state index in [0.717, 1.165) is 12.8 Å². The molecule has 0 radical (unpaired) electrons. The van der Waals surface area contributed by atoms with Gasteiger partial charge in [-0.15, -0.1) is 0 Å². The van der Waals surface area contributed by atoms with Crippen molar-refractivity contribution < 1.29 is 19.5 Å². The Labute approximate surface area is 125 Å². The number of carboxylic acid groups (broad SMARTS) is 1. The third-order valence-corrected chi connectivity index (χ3v) is 3.96. The number of carboxylic acids is 1. The highest BCUT2D eigenvalue weighted by Gasteiger charge is 2.29. The summed E-state index contributed by atoms with van der Waals surface area (Å²) >= 11 is 0. The fourth-order valence-corrected chi connectivity index (χ4v) is 2.53. The quantitative estimate of drug-likeness (QED) is 0.769. The summed E-state index contributed by atoms with van der Waals surface area (Å²) in [7, 11) is 0. The van der Waals surface area contributed by atoms with Crippen molar-refractivity contribution >= 4 is 17.8 Å². The molecule has 0 aromatic rings. The van der Waals surface area contributed by atoms with Gasteiger partial charge in [-0.05, 0) is 19.3 Å². The minimum atomic E-state index is -0.891. The zero-order valence-corrected chi connectivity index (χ0v) is 13.1. The Balaban J connectivity index is 2.50. The predicted octanol–water partition coefficient (Wildman–Crippen LogP) is 1.11. The summed E-state index contributed by atoms with van der Waals surface area (Å²) in [5.74, 6) is -1.81. The van der Waals surface area contributed by atoms with E-state index in [1.807, 2.05) is 13.8 Å². The van der Waals surface area contributed by atoms with E-state index in [2.05, 4.69) is 5.32 Å². The van der Waals surface area contributed by atoms with Crippen molar-refractivity contribution in [2.24, 2.45) is 17.8 Å². The highest BCUT2D eigenvalue weighted by Crippen LogP contribution is 2.18. The molecule has 0 aromatic carbocycles. The van der Waals surface area contributed by atoms with Crippen LogP contribution in [0.4, 0.5) is 0 Å². The summed E-state index contributed by atoms with van der Waals surface area (Å²) in [5.41, 5.74) is 0. The van der Waals surface area contributed by atoms with Gasteiger partial charge in [-0.1, -0.05) is 20.8 Å². The first kappa shape index (κ1) is 17.5. The lowest BCUT2D eigenvalue weighted by atomic mass is 9.95. The maximum Gasteiger partial charge on any atom is 0.308 e. The second kappa shape index (κ2) is 8.00. The molecule has 1 fully saturated rings. The molecule has 2 N–H and O–H groups in total. The number of nitrogens with zero attached hydrogens (tertiary/aromatic N) is 1. The number of aliphatic carboxylic acids is 1. The van der Waals surface area contributed by atoms with Gasteiger partial charge in [0.05, 0.1) is 11.8 Å². The number of nitrogens with one attached hydrogen (secondary N) is 1. The molecule has 2 unspecified atom stereocenters. The van der Waals surface area contributed by atoms with Gasteiger partial charge in [0.25, 0.3) is 0 Å². The van der Waals surface area contributed by atoms with Crippen LogP contribution in [0.3, 0.4) is 0 Å². The summed E-state index contributed by atoms with van der Waals surface area (Å²) in [4.78, 5) is 36.8. The fraction of sp³-hybridized carbons (Fsp3) is 0.800. The Hall–Kier alpha value is -1.59. The molecule has 21 heavy (non-hydrogen) atoms. The zero-order valence-electron chi connectivity index (χ0n) is 13.1. The molecule has 0 bridgehead atoms. The number of piperidine rings is 1. The average molecular weight is 298 g/mol. The smallest absolute Gasteiger partial charge is 0.308 e. The molecule has 120 valence electrons. The number of hydrogen-bond acceptors (Lipinski definition) is 3. The molecule has 1 rings (SSSR count). The lowest BCUT2D eigenvalue weighted by Gasteiger charge is -2.33. The molecule has 0 saturated carbocycles. The van der Waals surface area contributed by atoms with Crippen LogP contribution in [-0.4, -0.2) is 47.4 Å². The molecule has 0 aromatic heterocycles. The van der Waals surface area contributed by atoms with E-state index in [1.54, 1.807) is 11.8 Å². The monoisotopic (exact) mass is 298 g/mol. The van der Waals surface area contributed by atoms with Crippen LogP contribution >= 0.6 is 0 Å². The molecule has 0 aliphatic carbocycles. The second-order valence-corrected chi connectivity index (χ2v) is 5.97. The van der Waals surface area contributed by atoms with E-state index < -0.39 is 11.9 Å². The Morgan fingerprint density at radius 2 is 2.00 bits per heavy atom. The van der Waals surface area contributed by atoms with Crippen LogP contribution in [0.2, 0.25) is 0 Å². The Morgan fingerprint density at radius 3 is 2.52 bits per heavy atom. The highest BCUT2D eigenvalue weighted by atomic mass is 16.4. The van der Waals surface area contributed by atoms with Gasteiger partial charge in [0, 0.05) is 25.6 Å². The Morgan fingerprint density at radius 1 is 1.33 bits per heavy atom. The number of rotatable bonds is 6. The Kier molecular flexibility index (Phi) is 6.65. The molecule has 1 heterocycles. The minimum Gasteiger partial charge on any atom is -0.481 e. The number of likely N-dealkylation sites (tertiary alicyclic amines) is 1. The van der Waals surface area contributed by atoms with E-state index >= 15 is 0 Å². The van der Waals surface area contributed by atoms with Crippen LogP contribution in [0.15, 0.2) is 0 Å². The van der Waals surface area contributed by atoms with Crippen LogP contribution < -0.4 is 5.32 Å². The lowest BCUT2D eigenvalue weighted by molar-refractivity contribution is -0.141. The molecule has 1 saturated heterocycles. The molecule has 6 heteroatoms. The maximum absolute atomic E-state index is 12.1. The summed E-state index contributed by atoms with van der Waals surface area (Å²) in [6.07, 6.45) is 2.04. The number of hydrogen-bond donors (Lipinski definition) is 2. The number of carbonyl (C=O) groups is 3. The first-order valence-corrected chi connectivity index (χ1v) is 7.66. The van der Waals surface area contributed by atoms with Crippen LogP contribution in [-0.2, 0) is 14.4 Å². The van der Waals surface area contributed by atoms with Gasteiger partial charge in [0.1, 0.15) is 0 Å². The van der Waals surface area contributed by atoms with Gasteiger partial charge in [-0.3, -0.25) is 14.4 Å². The summed E-state index contributed by atoms with van der Waals surface area (Å²) in [6, 6.07) is 0. The number of amides is 2. The molecule has 2 atom stereocenters. The average Bonchev–Trinajstić information content (AvgIpc) is 2.46. The molecule has 1 aliphatic heterocycles. The SMILES string of the molecule is CCC(CNC(=O)C1CCCN(C(=O)C(C)C)C1)C(=O)O. The van der Waals surface area contributed by atoms with Crippen LogP contribution in [0.5, 0.6) is 0 Å². The van der Waals surface area contributed by atoms with Crippen molar-refractivity contribution in [2.45, 2.75) is 40.0 Å². The molecular formula is C15H26N2O4. The second-order valence-electron chi connectivity index (χ2n) is 5.97. The van der Waals surface area contributed by atoms with Crippen molar-refractivity contribution in [3.63, 3.8) is 0 Å². The van der Waals surface area contributed by atoms with Crippen LogP contribution in [0.25, 0.3) is 0 Å². The molecule has 1 aliphatic rings. The largest absolute Gasteiger partial charge is 0.481 e. The third kappa shape index (κ3) is 5.02. The van der Waals surface area contributed by atoms with E-state index in [1.165, 1.54) is 0 Å².